The van der Waals surface area contributed by atoms with Gasteiger partial charge in [-0.3, -0.25) is 9.59 Å². The molecule has 0 saturated heterocycles. The molecule has 168 valence electrons. The maximum atomic E-state index is 12.6. The quantitative estimate of drug-likeness (QED) is 0.461. The molecule has 3 rings (SSSR count). The van der Waals surface area contributed by atoms with E-state index in [1.54, 1.807) is 24.3 Å². The molecule has 2 N–H and O–H groups in total. The summed E-state index contributed by atoms with van der Waals surface area (Å²) in [4.78, 5) is 25.0. The van der Waals surface area contributed by atoms with Gasteiger partial charge in [0.25, 0.3) is 5.91 Å². The molecule has 0 aliphatic rings. The highest BCUT2D eigenvalue weighted by Crippen LogP contribution is 2.22. The van der Waals surface area contributed by atoms with Crippen LogP contribution in [0.25, 0.3) is 0 Å². The number of carbonyl (C=O) groups is 2. The summed E-state index contributed by atoms with van der Waals surface area (Å²) in [6, 6.07) is 12.3. The second-order valence-electron chi connectivity index (χ2n) is 7.40. The van der Waals surface area contributed by atoms with Crippen molar-refractivity contribution >= 4 is 40.9 Å². The van der Waals surface area contributed by atoms with Gasteiger partial charge in [-0.25, -0.2) is 0 Å². The van der Waals surface area contributed by atoms with Gasteiger partial charge in [0.05, 0.1) is 22.4 Å². The Hall–Kier alpha value is -2.84. The molecule has 0 radical (unpaired) electrons. The Bertz CT molecular complexity index is 1130. The Kier molecular flexibility index (Phi) is 7.93. The number of thioether (sulfide) groups is 1. The van der Waals surface area contributed by atoms with E-state index in [9.17, 15) is 9.59 Å². The van der Waals surface area contributed by atoms with Gasteiger partial charge in [-0.2, -0.15) is 0 Å². The second-order valence-corrected chi connectivity index (χ2v) is 8.75. The average molecular weight is 472 g/mol. The first-order chi connectivity index (χ1) is 15.3. The van der Waals surface area contributed by atoms with Gasteiger partial charge in [-0.05, 0) is 63.1 Å². The van der Waals surface area contributed by atoms with Gasteiger partial charge in [0.2, 0.25) is 5.91 Å². The Labute approximate surface area is 197 Å². The molecule has 9 heteroatoms. The van der Waals surface area contributed by atoms with E-state index in [4.69, 9.17) is 11.6 Å². The van der Waals surface area contributed by atoms with E-state index in [0.29, 0.717) is 28.1 Å². The van der Waals surface area contributed by atoms with Crippen LogP contribution in [-0.4, -0.2) is 32.3 Å². The van der Waals surface area contributed by atoms with E-state index in [0.717, 1.165) is 11.3 Å². The standard InChI is InChI=1S/C23H26ClN5O2S/c1-5-29-21(16(4)25-22(31)18-8-6-7-9-19(18)24)27-28-23(29)32-13-20(30)26-17-11-10-14(2)15(3)12-17/h6-12,16H,5,13H2,1-4H3,(H,25,31)(H,26,30). The normalized spacial score (nSPS) is 11.8. The number of nitrogens with one attached hydrogen (secondary N) is 2. The number of hydrogen-bond donors (Lipinski definition) is 2. The maximum absolute atomic E-state index is 12.6. The van der Waals surface area contributed by atoms with Crippen LogP contribution in [-0.2, 0) is 11.3 Å². The fourth-order valence-corrected chi connectivity index (χ4v) is 4.19. The SMILES string of the molecule is CCn1c(SCC(=O)Nc2ccc(C)c(C)c2)nnc1C(C)NC(=O)c1ccccc1Cl. The highest BCUT2D eigenvalue weighted by Gasteiger charge is 2.21. The molecule has 0 aliphatic heterocycles. The maximum Gasteiger partial charge on any atom is 0.253 e. The smallest absolute Gasteiger partial charge is 0.253 e. The summed E-state index contributed by atoms with van der Waals surface area (Å²) in [6.45, 7) is 8.46. The van der Waals surface area contributed by atoms with E-state index >= 15 is 0 Å². The number of halogens is 1. The Balaban J connectivity index is 1.63. The molecule has 1 atom stereocenters. The third kappa shape index (κ3) is 5.69. The number of carbonyl (C=O) groups excluding carboxylic acids is 2. The first kappa shape index (κ1) is 23.8. The molecule has 0 saturated carbocycles. The highest BCUT2D eigenvalue weighted by molar-refractivity contribution is 7.99. The lowest BCUT2D eigenvalue weighted by molar-refractivity contribution is -0.113. The Morgan fingerprint density at radius 2 is 1.88 bits per heavy atom. The van der Waals surface area contributed by atoms with Crippen LogP contribution in [0.15, 0.2) is 47.6 Å². The van der Waals surface area contributed by atoms with Crippen LogP contribution < -0.4 is 10.6 Å². The summed E-state index contributed by atoms with van der Waals surface area (Å²) in [7, 11) is 0. The number of nitrogens with zero attached hydrogens (tertiary/aromatic N) is 3. The van der Waals surface area contributed by atoms with Crippen LogP contribution in [0.5, 0.6) is 0 Å². The van der Waals surface area contributed by atoms with Gasteiger partial charge < -0.3 is 15.2 Å². The van der Waals surface area contributed by atoms with Crippen molar-refractivity contribution in [2.45, 2.75) is 45.4 Å². The number of anilines is 1. The molecule has 32 heavy (non-hydrogen) atoms. The molecular weight excluding hydrogens is 446 g/mol. The van der Waals surface area contributed by atoms with Gasteiger partial charge in [0, 0.05) is 12.2 Å². The lowest BCUT2D eigenvalue weighted by Crippen LogP contribution is -2.29. The van der Waals surface area contributed by atoms with Crippen molar-refractivity contribution in [1.82, 2.24) is 20.1 Å². The Morgan fingerprint density at radius 3 is 2.56 bits per heavy atom. The molecule has 2 amide bonds. The van der Waals surface area contributed by atoms with Crippen LogP contribution in [0.4, 0.5) is 5.69 Å². The number of rotatable bonds is 8. The zero-order chi connectivity index (χ0) is 23.3. The van der Waals surface area contributed by atoms with Crippen molar-refractivity contribution in [2.75, 3.05) is 11.1 Å². The van der Waals surface area contributed by atoms with Gasteiger partial charge in [0.1, 0.15) is 0 Å². The number of hydrogen-bond acceptors (Lipinski definition) is 5. The molecule has 0 fully saturated rings. The van der Waals surface area contributed by atoms with Crippen molar-refractivity contribution in [3.05, 3.63) is 70.0 Å². The summed E-state index contributed by atoms with van der Waals surface area (Å²) in [5.74, 6) is 0.414. The van der Waals surface area contributed by atoms with Gasteiger partial charge in [-0.1, -0.05) is 41.6 Å². The van der Waals surface area contributed by atoms with Crippen molar-refractivity contribution < 1.29 is 9.59 Å². The highest BCUT2D eigenvalue weighted by atomic mass is 35.5. The van der Waals surface area contributed by atoms with E-state index in [1.807, 2.05) is 50.5 Å². The van der Waals surface area contributed by atoms with E-state index in [-0.39, 0.29) is 23.6 Å². The molecular formula is C23H26ClN5O2S. The monoisotopic (exact) mass is 471 g/mol. The predicted molar refractivity (Wildman–Crippen MR) is 128 cm³/mol. The number of aryl methyl sites for hydroxylation is 2. The zero-order valence-electron chi connectivity index (χ0n) is 18.5. The zero-order valence-corrected chi connectivity index (χ0v) is 20.0. The fraction of sp³-hybridized carbons (Fsp3) is 0.304. The average Bonchev–Trinajstić information content (AvgIpc) is 3.18. The van der Waals surface area contributed by atoms with E-state index in [1.165, 1.54) is 17.3 Å². The molecule has 0 spiro atoms. The van der Waals surface area contributed by atoms with Crippen LogP contribution in [0.3, 0.4) is 0 Å². The van der Waals surface area contributed by atoms with Crippen molar-refractivity contribution in [3.63, 3.8) is 0 Å². The number of benzene rings is 2. The van der Waals surface area contributed by atoms with Gasteiger partial charge in [0.15, 0.2) is 11.0 Å². The lowest BCUT2D eigenvalue weighted by Gasteiger charge is -2.15. The first-order valence-electron chi connectivity index (χ1n) is 10.3. The number of aromatic nitrogens is 3. The summed E-state index contributed by atoms with van der Waals surface area (Å²) in [5.41, 5.74) is 3.48. The minimum absolute atomic E-state index is 0.120. The Morgan fingerprint density at radius 1 is 1.12 bits per heavy atom. The fourth-order valence-electron chi connectivity index (χ4n) is 3.16. The predicted octanol–water partition coefficient (Wildman–Crippen LogP) is 4.79. The van der Waals surface area contributed by atoms with Crippen molar-refractivity contribution in [3.8, 4) is 0 Å². The summed E-state index contributed by atoms with van der Waals surface area (Å²) in [6.07, 6.45) is 0. The number of amides is 2. The minimum Gasteiger partial charge on any atom is -0.342 e. The minimum atomic E-state index is -0.384. The molecule has 7 nitrogen and oxygen atoms in total. The summed E-state index contributed by atoms with van der Waals surface area (Å²) in [5, 5.41) is 15.3. The molecule has 2 aromatic carbocycles. The lowest BCUT2D eigenvalue weighted by atomic mass is 10.1. The summed E-state index contributed by atoms with van der Waals surface area (Å²) >= 11 is 7.43. The van der Waals surface area contributed by atoms with Crippen molar-refractivity contribution in [2.24, 2.45) is 0 Å². The molecule has 1 heterocycles. The topological polar surface area (TPSA) is 88.9 Å². The molecule has 0 aliphatic carbocycles. The second kappa shape index (κ2) is 10.7. The largest absolute Gasteiger partial charge is 0.342 e. The molecule has 1 aromatic heterocycles. The first-order valence-corrected chi connectivity index (χ1v) is 11.6. The van der Waals surface area contributed by atoms with E-state index < -0.39 is 0 Å². The van der Waals surface area contributed by atoms with Crippen LogP contribution in [0, 0.1) is 13.8 Å². The third-order valence-electron chi connectivity index (χ3n) is 5.04. The van der Waals surface area contributed by atoms with Gasteiger partial charge in [-0.15, -0.1) is 10.2 Å². The molecule has 3 aromatic rings. The third-order valence-corrected chi connectivity index (χ3v) is 6.33. The van der Waals surface area contributed by atoms with E-state index in [2.05, 4.69) is 20.8 Å². The molecule has 0 bridgehead atoms. The molecule has 1 unspecified atom stereocenters. The van der Waals surface area contributed by atoms with Gasteiger partial charge >= 0.3 is 0 Å². The summed E-state index contributed by atoms with van der Waals surface area (Å²) < 4.78 is 1.89. The van der Waals surface area contributed by atoms with Crippen LogP contribution in [0.2, 0.25) is 5.02 Å². The van der Waals surface area contributed by atoms with Crippen molar-refractivity contribution in [1.29, 1.82) is 0 Å². The van der Waals surface area contributed by atoms with Crippen LogP contribution >= 0.6 is 23.4 Å². The van der Waals surface area contributed by atoms with Crippen LogP contribution in [0.1, 0.15) is 47.2 Å².